The smallest absolute Gasteiger partial charge is 0.216 e. The highest BCUT2D eigenvalue weighted by Gasteiger charge is 2.00. The molecule has 0 saturated heterocycles. The van der Waals surface area contributed by atoms with Crippen molar-refractivity contribution >= 4 is 29.8 Å². The normalized spacial score (nSPS) is 11.3. The zero-order valence-corrected chi connectivity index (χ0v) is 9.81. The van der Waals surface area contributed by atoms with Crippen molar-refractivity contribution in [3.8, 4) is 0 Å². The first kappa shape index (κ1) is 10.3. The molecule has 0 aliphatic heterocycles. The Bertz CT molecular complexity index is 506. The Labute approximate surface area is 96.3 Å². The average Bonchev–Trinajstić information content (AvgIpc) is 2.84. The molecular weight excluding hydrogens is 228 g/mol. The van der Waals surface area contributed by atoms with Gasteiger partial charge in [0, 0.05) is 12.0 Å². The molecule has 2 aromatic heterocycles. The maximum Gasteiger partial charge on any atom is 0.216 e. The summed E-state index contributed by atoms with van der Waals surface area (Å²) in [6.45, 7) is 2.02. The van der Waals surface area contributed by atoms with Gasteiger partial charge in [-0.15, -0.1) is 0 Å². The van der Waals surface area contributed by atoms with E-state index in [1.165, 1.54) is 0 Å². The van der Waals surface area contributed by atoms with Gasteiger partial charge in [0.15, 0.2) is 5.82 Å². The van der Waals surface area contributed by atoms with Gasteiger partial charge in [0.25, 0.3) is 0 Å². The van der Waals surface area contributed by atoms with Crippen LogP contribution in [0.15, 0.2) is 21.9 Å². The van der Waals surface area contributed by atoms with E-state index in [0.29, 0.717) is 4.77 Å². The van der Waals surface area contributed by atoms with Gasteiger partial charge in [-0.3, -0.25) is 5.10 Å². The van der Waals surface area contributed by atoms with Crippen molar-refractivity contribution in [2.24, 2.45) is 5.10 Å². The number of hydrogen-bond acceptors (Lipinski definition) is 4. The van der Waals surface area contributed by atoms with Crippen molar-refractivity contribution < 1.29 is 0 Å². The number of aromatic amines is 1. The largest absolute Gasteiger partial charge is 0.250 e. The molecule has 0 saturated carbocycles. The van der Waals surface area contributed by atoms with Crippen LogP contribution in [0.5, 0.6) is 0 Å². The number of hydrogen-bond donors (Lipinski definition) is 1. The van der Waals surface area contributed by atoms with Crippen LogP contribution in [0, 0.1) is 4.77 Å². The lowest BCUT2D eigenvalue weighted by Crippen LogP contribution is -1.96. The van der Waals surface area contributed by atoms with E-state index >= 15 is 0 Å². The predicted octanol–water partition coefficient (Wildman–Crippen LogP) is 2.45. The molecule has 0 atom stereocenters. The van der Waals surface area contributed by atoms with E-state index < -0.39 is 0 Å². The fraction of sp³-hybridized carbons (Fsp3) is 0.222. The molecule has 0 aromatic carbocycles. The van der Waals surface area contributed by atoms with E-state index in [9.17, 15) is 0 Å². The fourth-order valence-corrected chi connectivity index (χ4v) is 1.95. The predicted molar refractivity (Wildman–Crippen MR) is 64.1 cm³/mol. The van der Waals surface area contributed by atoms with Crippen LogP contribution in [-0.4, -0.2) is 21.1 Å². The van der Waals surface area contributed by atoms with Crippen molar-refractivity contribution in [3.63, 3.8) is 0 Å². The average molecular weight is 238 g/mol. The third-order valence-corrected chi connectivity index (χ3v) is 2.86. The molecule has 2 rings (SSSR count). The fourth-order valence-electron chi connectivity index (χ4n) is 1.15. The van der Waals surface area contributed by atoms with Gasteiger partial charge in [0.05, 0.1) is 6.21 Å². The first-order valence-electron chi connectivity index (χ1n) is 4.54. The molecule has 6 heteroatoms. The molecule has 0 unspecified atom stereocenters. The molecule has 2 heterocycles. The van der Waals surface area contributed by atoms with Crippen molar-refractivity contribution in [2.45, 2.75) is 13.3 Å². The molecule has 0 fully saturated rings. The van der Waals surface area contributed by atoms with Crippen LogP contribution in [0.1, 0.15) is 18.3 Å². The Morgan fingerprint density at radius 2 is 2.60 bits per heavy atom. The SMILES string of the molecule is CCc1n[nH]c(=S)n1/N=C/c1ccsc1. The molecule has 0 amide bonds. The first-order valence-corrected chi connectivity index (χ1v) is 5.89. The third-order valence-electron chi connectivity index (χ3n) is 1.90. The molecule has 1 N–H and O–H groups in total. The zero-order valence-electron chi connectivity index (χ0n) is 8.17. The topological polar surface area (TPSA) is 46.0 Å². The number of nitrogens with zero attached hydrogens (tertiary/aromatic N) is 3. The molecule has 0 bridgehead atoms. The maximum atomic E-state index is 5.07. The third kappa shape index (κ3) is 2.21. The summed E-state index contributed by atoms with van der Waals surface area (Å²) in [6, 6.07) is 2.00. The van der Waals surface area contributed by atoms with Gasteiger partial charge in [0.2, 0.25) is 4.77 Å². The van der Waals surface area contributed by atoms with Crippen LogP contribution in [0.3, 0.4) is 0 Å². The highest BCUT2D eigenvalue weighted by molar-refractivity contribution is 7.71. The molecule has 2 aromatic rings. The standard InChI is InChI=1S/C9H10N4S2/c1-2-8-11-12-9(14)13(8)10-5-7-3-4-15-6-7/h3-6H,2H2,1H3,(H,12,14)/b10-5+. The Morgan fingerprint density at radius 3 is 3.27 bits per heavy atom. The lowest BCUT2D eigenvalue weighted by atomic mass is 10.4. The summed E-state index contributed by atoms with van der Waals surface area (Å²) in [5.41, 5.74) is 1.07. The van der Waals surface area contributed by atoms with E-state index in [2.05, 4.69) is 15.3 Å². The van der Waals surface area contributed by atoms with Gasteiger partial charge in [-0.25, -0.2) is 0 Å². The lowest BCUT2D eigenvalue weighted by molar-refractivity contribution is 0.780. The van der Waals surface area contributed by atoms with Gasteiger partial charge < -0.3 is 0 Å². The van der Waals surface area contributed by atoms with Crippen LogP contribution in [-0.2, 0) is 6.42 Å². The number of aromatic nitrogens is 3. The highest BCUT2D eigenvalue weighted by Crippen LogP contribution is 2.04. The lowest BCUT2D eigenvalue weighted by Gasteiger charge is -1.94. The van der Waals surface area contributed by atoms with Crippen LogP contribution in [0.25, 0.3) is 0 Å². The second-order valence-electron chi connectivity index (χ2n) is 2.91. The summed E-state index contributed by atoms with van der Waals surface area (Å²) < 4.78 is 2.17. The van der Waals surface area contributed by atoms with Gasteiger partial charge in [0.1, 0.15) is 0 Å². The van der Waals surface area contributed by atoms with Crippen LogP contribution >= 0.6 is 23.6 Å². The summed E-state index contributed by atoms with van der Waals surface area (Å²) in [5, 5.41) is 15.1. The number of nitrogens with one attached hydrogen (secondary N) is 1. The summed E-state index contributed by atoms with van der Waals surface area (Å²) in [6.07, 6.45) is 2.58. The maximum absolute atomic E-state index is 5.07. The Balaban J connectivity index is 2.31. The van der Waals surface area contributed by atoms with E-state index in [0.717, 1.165) is 17.8 Å². The quantitative estimate of drug-likeness (QED) is 0.659. The van der Waals surface area contributed by atoms with Crippen LogP contribution in [0.2, 0.25) is 0 Å². The molecule has 0 aliphatic carbocycles. The Hall–Kier alpha value is -1.27. The number of thiophene rings is 1. The second kappa shape index (κ2) is 4.50. The molecular formula is C9H10N4S2. The minimum absolute atomic E-state index is 0.526. The van der Waals surface area contributed by atoms with Crippen LogP contribution in [0.4, 0.5) is 0 Å². The Kier molecular flexibility index (Phi) is 3.08. The van der Waals surface area contributed by atoms with Gasteiger partial charge >= 0.3 is 0 Å². The first-order chi connectivity index (χ1) is 7.31. The van der Waals surface area contributed by atoms with Crippen LogP contribution < -0.4 is 0 Å². The summed E-state index contributed by atoms with van der Waals surface area (Å²) >= 11 is 6.71. The van der Waals surface area contributed by atoms with E-state index in [1.807, 2.05) is 23.8 Å². The number of aryl methyl sites for hydroxylation is 1. The van der Waals surface area contributed by atoms with Crippen molar-refractivity contribution in [1.29, 1.82) is 0 Å². The summed E-state index contributed by atoms with van der Waals surface area (Å²) in [4.78, 5) is 0. The number of H-pyrrole nitrogens is 1. The molecule has 0 spiro atoms. The van der Waals surface area contributed by atoms with E-state index in [-0.39, 0.29) is 0 Å². The zero-order chi connectivity index (χ0) is 10.7. The molecule has 0 aliphatic rings. The van der Waals surface area contributed by atoms with Crippen molar-refractivity contribution in [2.75, 3.05) is 0 Å². The Morgan fingerprint density at radius 1 is 1.73 bits per heavy atom. The highest BCUT2D eigenvalue weighted by atomic mass is 32.1. The van der Waals surface area contributed by atoms with E-state index in [1.54, 1.807) is 22.2 Å². The molecule has 15 heavy (non-hydrogen) atoms. The molecule has 78 valence electrons. The van der Waals surface area contributed by atoms with Crippen molar-refractivity contribution in [1.82, 2.24) is 14.9 Å². The van der Waals surface area contributed by atoms with Gasteiger partial charge in [-0.05, 0) is 29.0 Å². The minimum atomic E-state index is 0.526. The minimum Gasteiger partial charge on any atom is -0.250 e. The summed E-state index contributed by atoms with van der Waals surface area (Å²) in [7, 11) is 0. The molecule has 0 radical (unpaired) electrons. The summed E-state index contributed by atoms with van der Waals surface area (Å²) in [5.74, 6) is 0.839. The second-order valence-corrected chi connectivity index (χ2v) is 4.08. The number of rotatable bonds is 3. The van der Waals surface area contributed by atoms with Gasteiger partial charge in [-0.1, -0.05) is 6.92 Å². The van der Waals surface area contributed by atoms with Crippen molar-refractivity contribution in [3.05, 3.63) is 33.0 Å². The van der Waals surface area contributed by atoms with E-state index in [4.69, 9.17) is 12.2 Å². The van der Waals surface area contributed by atoms with Gasteiger partial charge in [-0.2, -0.15) is 26.2 Å². The monoisotopic (exact) mass is 238 g/mol. The molecule has 4 nitrogen and oxygen atoms in total.